The summed E-state index contributed by atoms with van der Waals surface area (Å²) in [5.74, 6) is 0.911. The lowest BCUT2D eigenvalue weighted by atomic mass is 10.0. The van der Waals surface area contributed by atoms with Crippen molar-refractivity contribution < 1.29 is 9.21 Å². The van der Waals surface area contributed by atoms with Gasteiger partial charge in [0, 0.05) is 11.3 Å². The molecule has 6 heteroatoms. The summed E-state index contributed by atoms with van der Waals surface area (Å²) in [6, 6.07) is 15.7. The van der Waals surface area contributed by atoms with Crippen LogP contribution in [-0.4, -0.2) is 21.9 Å². The standard InChI is InChI=1S/C20H21N3O2S/c1-13(2)16-9-4-5-10-17(16)21-18(24)12-26-20-23-22-19(25-20)15-8-6-7-14(3)11-15/h4-11,13H,12H2,1-3H3,(H,21,24). The van der Waals surface area contributed by atoms with Crippen LogP contribution in [0.3, 0.4) is 0 Å². The highest BCUT2D eigenvalue weighted by Crippen LogP contribution is 2.26. The number of benzene rings is 2. The molecule has 0 fully saturated rings. The molecule has 3 aromatic rings. The zero-order chi connectivity index (χ0) is 18.5. The number of rotatable bonds is 6. The normalized spacial score (nSPS) is 10.9. The Morgan fingerprint density at radius 2 is 1.96 bits per heavy atom. The lowest BCUT2D eigenvalue weighted by molar-refractivity contribution is -0.113. The smallest absolute Gasteiger partial charge is 0.277 e. The molecule has 0 unspecified atom stereocenters. The number of amides is 1. The van der Waals surface area contributed by atoms with Crippen LogP contribution in [0.15, 0.2) is 58.2 Å². The minimum Gasteiger partial charge on any atom is -0.411 e. The largest absolute Gasteiger partial charge is 0.411 e. The molecule has 1 heterocycles. The van der Waals surface area contributed by atoms with Gasteiger partial charge in [-0.2, -0.15) is 0 Å². The minimum atomic E-state index is -0.0987. The minimum absolute atomic E-state index is 0.0987. The van der Waals surface area contributed by atoms with Crippen LogP contribution in [0.4, 0.5) is 5.69 Å². The molecule has 1 amide bonds. The summed E-state index contributed by atoms with van der Waals surface area (Å²) in [6.45, 7) is 6.21. The van der Waals surface area contributed by atoms with Crippen LogP contribution in [0.25, 0.3) is 11.5 Å². The summed E-state index contributed by atoms with van der Waals surface area (Å²) in [7, 11) is 0. The van der Waals surface area contributed by atoms with Crippen molar-refractivity contribution in [1.29, 1.82) is 0 Å². The van der Waals surface area contributed by atoms with Crippen molar-refractivity contribution in [2.45, 2.75) is 31.9 Å². The van der Waals surface area contributed by atoms with Crippen molar-refractivity contribution in [3.05, 3.63) is 59.7 Å². The molecule has 0 saturated carbocycles. The van der Waals surface area contributed by atoms with Gasteiger partial charge in [0.05, 0.1) is 5.75 Å². The SMILES string of the molecule is Cc1cccc(-c2nnc(SCC(=O)Nc3ccccc3C(C)C)o2)c1. The fourth-order valence-corrected chi connectivity index (χ4v) is 3.15. The molecule has 0 aliphatic rings. The van der Waals surface area contributed by atoms with Crippen molar-refractivity contribution in [1.82, 2.24) is 10.2 Å². The molecule has 0 radical (unpaired) electrons. The maximum Gasteiger partial charge on any atom is 0.277 e. The van der Waals surface area contributed by atoms with Gasteiger partial charge >= 0.3 is 0 Å². The Hall–Kier alpha value is -2.60. The quantitative estimate of drug-likeness (QED) is 0.628. The Balaban J connectivity index is 1.61. The molecule has 5 nitrogen and oxygen atoms in total. The molecule has 1 N–H and O–H groups in total. The molecule has 0 saturated heterocycles. The molecule has 0 aliphatic carbocycles. The fourth-order valence-electron chi connectivity index (χ4n) is 2.59. The predicted octanol–water partition coefficient (Wildman–Crippen LogP) is 4.90. The molecule has 0 atom stereocenters. The van der Waals surface area contributed by atoms with Crippen molar-refractivity contribution >= 4 is 23.4 Å². The van der Waals surface area contributed by atoms with Crippen LogP contribution in [0.1, 0.15) is 30.9 Å². The number of thioether (sulfide) groups is 1. The molecule has 1 aromatic heterocycles. The molecule has 0 spiro atoms. The fraction of sp³-hybridized carbons (Fsp3) is 0.250. The summed E-state index contributed by atoms with van der Waals surface area (Å²) in [6.07, 6.45) is 0. The number of nitrogens with zero attached hydrogens (tertiary/aromatic N) is 2. The van der Waals surface area contributed by atoms with Gasteiger partial charge in [0.1, 0.15) is 0 Å². The number of aryl methyl sites for hydroxylation is 1. The highest BCUT2D eigenvalue weighted by molar-refractivity contribution is 7.99. The first-order chi connectivity index (χ1) is 12.5. The Labute approximate surface area is 157 Å². The molecular formula is C20H21N3O2S. The number of hydrogen-bond donors (Lipinski definition) is 1. The molecule has 2 aromatic carbocycles. The summed E-state index contributed by atoms with van der Waals surface area (Å²) in [5, 5.41) is 11.4. The number of hydrogen-bond acceptors (Lipinski definition) is 5. The van der Waals surface area contributed by atoms with Gasteiger partial charge < -0.3 is 9.73 Å². The van der Waals surface area contributed by atoms with E-state index in [9.17, 15) is 4.79 Å². The molecular weight excluding hydrogens is 346 g/mol. The lowest BCUT2D eigenvalue weighted by Gasteiger charge is -2.13. The van der Waals surface area contributed by atoms with Crippen molar-refractivity contribution in [3.8, 4) is 11.5 Å². The number of anilines is 1. The van der Waals surface area contributed by atoms with Crippen LogP contribution in [0, 0.1) is 6.92 Å². The van der Waals surface area contributed by atoms with Crippen LogP contribution in [0.5, 0.6) is 0 Å². The van der Waals surface area contributed by atoms with E-state index < -0.39 is 0 Å². The summed E-state index contributed by atoms with van der Waals surface area (Å²) >= 11 is 1.23. The Kier molecular flexibility index (Phi) is 5.73. The van der Waals surface area contributed by atoms with Gasteiger partial charge in [0.15, 0.2) is 0 Å². The third-order valence-electron chi connectivity index (χ3n) is 3.86. The Bertz CT molecular complexity index is 905. The first-order valence-corrected chi connectivity index (χ1v) is 9.43. The Morgan fingerprint density at radius 1 is 1.15 bits per heavy atom. The lowest BCUT2D eigenvalue weighted by Crippen LogP contribution is -2.15. The predicted molar refractivity (Wildman–Crippen MR) is 104 cm³/mol. The van der Waals surface area contributed by atoms with E-state index in [2.05, 4.69) is 29.4 Å². The summed E-state index contributed by atoms with van der Waals surface area (Å²) in [4.78, 5) is 12.3. The van der Waals surface area contributed by atoms with Gasteiger partial charge in [-0.3, -0.25) is 4.79 Å². The van der Waals surface area contributed by atoms with Gasteiger partial charge in [-0.05, 0) is 36.6 Å². The second-order valence-corrected chi connectivity index (χ2v) is 7.25. The number of carbonyl (C=O) groups is 1. The van der Waals surface area contributed by atoms with Gasteiger partial charge in [-0.1, -0.05) is 61.5 Å². The first-order valence-electron chi connectivity index (χ1n) is 8.45. The highest BCUT2D eigenvalue weighted by atomic mass is 32.2. The van der Waals surface area contributed by atoms with Gasteiger partial charge in [0.25, 0.3) is 5.22 Å². The van der Waals surface area contributed by atoms with Crippen LogP contribution < -0.4 is 5.32 Å². The molecule has 0 aliphatic heterocycles. The van der Waals surface area contributed by atoms with E-state index in [4.69, 9.17) is 4.42 Å². The van der Waals surface area contributed by atoms with Gasteiger partial charge in [-0.15, -0.1) is 10.2 Å². The van der Waals surface area contributed by atoms with Crippen LogP contribution >= 0.6 is 11.8 Å². The average Bonchev–Trinajstić information content (AvgIpc) is 3.09. The number of aromatic nitrogens is 2. The second-order valence-electron chi connectivity index (χ2n) is 6.32. The first kappa shape index (κ1) is 18.2. The number of carbonyl (C=O) groups excluding carboxylic acids is 1. The van der Waals surface area contributed by atoms with Crippen molar-refractivity contribution in [2.24, 2.45) is 0 Å². The zero-order valence-electron chi connectivity index (χ0n) is 15.0. The summed E-state index contributed by atoms with van der Waals surface area (Å²) in [5.41, 5.74) is 3.96. The van der Waals surface area contributed by atoms with Gasteiger partial charge in [0.2, 0.25) is 11.8 Å². The van der Waals surface area contributed by atoms with E-state index >= 15 is 0 Å². The third-order valence-corrected chi connectivity index (χ3v) is 4.67. The van der Waals surface area contributed by atoms with Gasteiger partial charge in [-0.25, -0.2) is 0 Å². The number of nitrogens with one attached hydrogen (secondary N) is 1. The number of para-hydroxylation sites is 1. The molecule has 0 bridgehead atoms. The third kappa shape index (κ3) is 4.52. The van der Waals surface area contributed by atoms with E-state index in [-0.39, 0.29) is 11.7 Å². The monoisotopic (exact) mass is 367 g/mol. The van der Waals surface area contributed by atoms with E-state index in [1.807, 2.05) is 55.5 Å². The van der Waals surface area contributed by atoms with Crippen LogP contribution in [0.2, 0.25) is 0 Å². The maximum absolute atomic E-state index is 12.3. The topological polar surface area (TPSA) is 68.0 Å². The Morgan fingerprint density at radius 3 is 2.73 bits per heavy atom. The van der Waals surface area contributed by atoms with Crippen LogP contribution in [-0.2, 0) is 4.79 Å². The van der Waals surface area contributed by atoms with E-state index in [0.717, 1.165) is 22.4 Å². The van der Waals surface area contributed by atoms with Crippen molar-refractivity contribution in [3.63, 3.8) is 0 Å². The summed E-state index contributed by atoms with van der Waals surface area (Å²) < 4.78 is 5.65. The van der Waals surface area contributed by atoms with E-state index in [1.54, 1.807) is 0 Å². The van der Waals surface area contributed by atoms with E-state index in [0.29, 0.717) is 17.0 Å². The second kappa shape index (κ2) is 8.19. The van der Waals surface area contributed by atoms with E-state index in [1.165, 1.54) is 11.8 Å². The maximum atomic E-state index is 12.3. The zero-order valence-corrected chi connectivity index (χ0v) is 15.8. The van der Waals surface area contributed by atoms with Crippen molar-refractivity contribution in [2.75, 3.05) is 11.1 Å². The highest BCUT2D eigenvalue weighted by Gasteiger charge is 2.13. The molecule has 26 heavy (non-hydrogen) atoms. The molecule has 134 valence electrons. The average molecular weight is 367 g/mol. The molecule has 3 rings (SSSR count).